The van der Waals surface area contributed by atoms with Gasteiger partial charge in [0.1, 0.15) is 11.5 Å². The number of aromatic nitrogens is 2. The summed E-state index contributed by atoms with van der Waals surface area (Å²) in [5.74, 6) is 0.662. The highest BCUT2D eigenvalue weighted by Crippen LogP contribution is 2.33. The zero-order valence-electron chi connectivity index (χ0n) is 15.2. The number of aliphatic imine (C=N–C) groups is 2. The molecule has 0 spiro atoms. The zero-order chi connectivity index (χ0) is 19.7. The van der Waals surface area contributed by atoms with Gasteiger partial charge in [0.25, 0.3) is 0 Å². The van der Waals surface area contributed by atoms with E-state index in [1.807, 2.05) is 43.3 Å². The van der Waals surface area contributed by atoms with Crippen molar-refractivity contribution in [2.45, 2.75) is 19.9 Å². The minimum Gasteiger partial charge on any atom is -0.493 e. The molecule has 2 heterocycles. The molecule has 0 unspecified atom stereocenters. The molecule has 0 atom stereocenters. The molecule has 142 valence electrons. The lowest BCUT2D eigenvalue weighted by atomic mass is 10.0. The van der Waals surface area contributed by atoms with Gasteiger partial charge in [-0.05, 0) is 30.7 Å². The van der Waals surface area contributed by atoms with E-state index in [1.165, 1.54) is 0 Å². The number of imidazole rings is 1. The van der Waals surface area contributed by atoms with Gasteiger partial charge in [-0.1, -0.05) is 48.3 Å². The van der Waals surface area contributed by atoms with Crippen LogP contribution in [0.1, 0.15) is 36.0 Å². The Morgan fingerprint density at radius 1 is 1.18 bits per heavy atom. The summed E-state index contributed by atoms with van der Waals surface area (Å²) in [6, 6.07) is 13.0. The van der Waals surface area contributed by atoms with Crippen LogP contribution < -0.4 is 0 Å². The number of halogens is 2. The Balaban J connectivity index is 1.91. The quantitative estimate of drug-likeness (QED) is 0.608. The molecular weight excluding hydrogens is 395 g/mol. The van der Waals surface area contributed by atoms with E-state index in [9.17, 15) is 5.11 Å². The van der Waals surface area contributed by atoms with E-state index >= 15 is 0 Å². The van der Waals surface area contributed by atoms with Crippen LogP contribution in [0.4, 0.5) is 0 Å². The van der Waals surface area contributed by atoms with Crippen molar-refractivity contribution in [1.82, 2.24) is 9.55 Å². The van der Waals surface area contributed by atoms with Crippen LogP contribution >= 0.6 is 23.2 Å². The predicted molar refractivity (Wildman–Crippen MR) is 114 cm³/mol. The number of benzene rings is 2. The highest BCUT2D eigenvalue weighted by atomic mass is 35.5. The van der Waals surface area contributed by atoms with Gasteiger partial charge in [-0.25, -0.2) is 4.98 Å². The third-order valence-corrected chi connectivity index (χ3v) is 5.04. The second-order valence-electron chi connectivity index (χ2n) is 6.41. The standard InChI is InChI=1S/C21H18Cl2N4O/c1-2-9-24-11-17-21(28)27-18-8-7-13(22)10-15(18)20(25-12-19(27)26-17)14-5-3-4-6-16(14)23/h3-8,10-11,28H,2,9,12H2,1H3. The molecule has 0 aliphatic carbocycles. The van der Waals surface area contributed by atoms with Crippen LogP contribution in [0.5, 0.6) is 5.88 Å². The maximum atomic E-state index is 10.8. The van der Waals surface area contributed by atoms with Crippen molar-refractivity contribution in [3.8, 4) is 11.6 Å². The molecule has 0 fully saturated rings. The number of hydrogen-bond acceptors (Lipinski definition) is 4. The van der Waals surface area contributed by atoms with E-state index < -0.39 is 0 Å². The third kappa shape index (κ3) is 3.32. The summed E-state index contributed by atoms with van der Waals surface area (Å²) in [4.78, 5) is 13.6. The largest absolute Gasteiger partial charge is 0.493 e. The maximum Gasteiger partial charge on any atom is 0.225 e. The number of fused-ring (bicyclic) bond motifs is 3. The van der Waals surface area contributed by atoms with Crippen molar-refractivity contribution in [1.29, 1.82) is 0 Å². The van der Waals surface area contributed by atoms with Crippen molar-refractivity contribution >= 4 is 35.1 Å². The second kappa shape index (κ2) is 7.78. The summed E-state index contributed by atoms with van der Waals surface area (Å²) in [7, 11) is 0. The number of hydrogen-bond donors (Lipinski definition) is 1. The molecule has 0 saturated heterocycles. The molecule has 1 aliphatic rings. The lowest BCUT2D eigenvalue weighted by molar-refractivity contribution is 0.439. The van der Waals surface area contributed by atoms with E-state index in [0.717, 1.165) is 23.2 Å². The Bertz CT molecular complexity index is 1100. The molecular formula is C21H18Cl2N4O. The fourth-order valence-electron chi connectivity index (χ4n) is 3.21. The molecule has 1 aromatic heterocycles. The highest BCUT2D eigenvalue weighted by Gasteiger charge is 2.25. The first-order valence-corrected chi connectivity index (χ1v) is 9.75. The summed E-state index contributed by atoms with van der Waals surface area (Å²) < 4.78 is 1.70. The van der Waals surface area contributed by atoms with Gasteiger partial charge in [-0.15, -0.1) is 0 Å². The van der Waals surface area contributed by atoms with Crippen LogP contribution in [0.3, 0.4) is 0 Å². The smallest absolute Gasteiger partial charge is 0.225 e. The fraction of sp³-hybridized carbons (Fsp3) is 0.190. The molecule has 0 bridgehead atoms. The summed E-state index contributed by atoms with van der Waals surface area (Å²) in [5.41, 5.74) is 3.48. The average Bonchev–Trinajstić information content (AvgIpc) is 2.90. The van der Waals surface area contributed by atoms with Crippen molar-refractivity contribution in [2.24, 2.45) is 9.98 Å². The van der Waals surface area contributed by atoms with Crippen molar-refractivity contribution < 1.29 is 5.11 Å². The van der Waals surface area contributed by atoms with Gasteiger partial charge < -0.3 is 5.11 Å². The topological polar surface area (TPSA) is 62.8 Å². The second-order valence-corrected chi connectivity index (χ2v) is 7.26. The Hall–Kier alpha value is -2.63. The van der Waals surface area contributed by atoms with E-state index in [1.54, 1.807) is 16.8 Å². The van der Waals surface area contributed by atoms with E-state index in [-0.39, 0.29) is 5.88 Å². The van der Waals surface area contributed by atoms with Crippen LogP contribution in [0, 0.1) is 0 Å². The van der Waals surface area contributed by atoms with E-state index in [4.69, 9.17) is 28.2 Å². The first kappa shape index (κ1) is 18.7. The Kier molecular flexibility index (Phi) is 5.20. The Labute approximate surface area is 173 Å². The van der Waals surface area contributed by atoms with Crippen LogP contribution in [0.15, 0.2) is 52.4 Å². The van der Waals surface area contributed by atoms with Crippen LogP contribution in [0.25, 0.3) is 5.69 Å². The highest BCUT2D eigenvalue weighted by molar-refractivity contribution is 6.36. The molecule has 1 aliphatic heterocycles. The van der Waals surface area contributed by atoms with Gasteiger partial charge in [-0.2, -0.15) is 0 Å². The van der Waals surface area contributed by atoms with Gasteiger partial charge in [0.2, 0.25) is 5.88 Å². The van der Waals surface area contributed by atoms with E-state index in [2.05, 4.69) is 9.98 Å². The third-order valence-electron chi connectivity index (χ3n) is 4.48. The number of nitrogens with zero attached hydrogens (tertiary/aromatic N) is 4. The van der Waals surface area contributed by atoms with E-state index in [0.29, 0.717) is 40.4 Å². The molecule has 2 aromatic carbocycles. The minimum atomic E-state index is 0.0361. The van der Waals surface area contributed by atoms with Crippen LogP contribution in [0.2, 0.25) is 10.0 Å². The van der Waals surface area contributed by atoms with Crippen molar-refractivity contribution in [2.75, 3.05) is 6.54 Å². The van der Waals surface area contributed by atoms with Crippen LogP contribution in [-0.2, 0) is 6.54 Å². The molecule has 1 N–H and O–H groups in total. The molecule has 4 rings (SSSR count). The fourth-order valence-corrected chi connectivity index (χ4v) is 3.61. The van der Waals surface area contributed by atoms with Crippen molar-refractivity contribution in [3.05, 3.63) is 75.2 Å². The average molecular weight is 413 g/mol. The van der Waals surface area contributed by atoms with Gasteiger partial charge in [0, 0.05) is 27.7 Å². The van der Waals surface area contributed by atoms with Crippen molar-refractivity contribution in [3.63, 3.8) is 0 Å². The zero-order valence-corrected chi connectivity index (χ0v) is 16.7. The number of rotatable bonds is 4. The molecule has 0 saturated carbocycles. The predicted octanol–water partition coefficient (Wildman–Crippen LogP) is 5.06. The summed E-state index contributed by atoms with van der Waals surface area (Å²) in [6.45, 7) is 3.02. The SMILES string of the molecule is CCCN=Cc1nc2n(c1O)-c1ccc(Cl)cc1C(c1ccccc1Cl)=NC2. The summed E-state index contributed by atoms with van der Waals surface area (Å²) in [5, 5.41) is 12.0. The monoisotopic (exact) mass is 412 g/mol. The first-order valence-electron chi connectivity index (χ1n) is 9.00. The lowest BCUT2D eigenvalue weighted by Crippen LogP contribution is -2.08. The normalized spacial score (nSPS) is 13.2. The molecule has 0 amide bonds. The van der Waals surface area contributed by atoms with Gasteiger partial charge in [-0.3, -0.25) is 14.6 Å². The molecule has 3 aromatic rings. The summed E-state index contributed by atoms with van der Waals surface area (Å²) >= 11 is 12.7. The number of aromatic hydroxyl groups is 1. The molecule has 5 nitrogen and oxygen atoms in total. The first-order chi connectivity index (χ1) is 13.6. The Morgan fingerprint density at radius 3 is 2.79 bits per heavy atom. The van der Waals surface area contributed by atoms with Gasteiger partial charge in [0.15, 0.2) is 0 Å². The Morgan fingerprint density at radius 2 is 2.00 bits per heavy atom. The maximum absolute atomic E-state index is 10.8. The molecule has 7 heteroatoms. The summed E-state index contributed by atoms with van der Waals surface area (Å²) in [6.07, 6.45) is 2.53. The van der Waals surface area contributed by atoms with Crippen LogP contribution in [-0.4, -0.2) is 33.1 Å². The lowest BCUT2D eigenvalue weighted by Gasteiger charge is -2.13. The van der Waals surface area contributed by atoms with Gasteiger partial charge >= 0.3 is 0 Å². The molecule has 28 heavy (non-hydrogen) atoms. The minimum absolute atomic E-state index is 0.0361. The molecule has 0 radical (unpaired) electrons. The van der Waals surface area contributed by atoms with Gasteiger partial charge in [0.05, 0.1) is 24.2 Å².